The van der Waals surface area contributed by atoms with Gasteiger partial charge in [-0.2, -0.15) is 4.98 Å². The fourth-order valence-electron chi connectivity index (χ4n) is 2.06. The Labute approximate surface area is 118 Å². The molecule has 100 valence electrons. The highest BCUT2D eigenvalue weighted by Gasteiger charge is 2.29. The van der Waals surface area contributed by atoms with Crippen LogP contribution in [0.5, 0.6) is 0 Å². The van der Waals surface area contributed by atoms with Crippen molar-refractivity contribution in [3.63, 3.8) is 0 Å². The van der Waals surface area contributed by atoms with E-state index in [1.165, 1.54) is 12.1 Å². The molecule has 0 amide bonds. The summed E-state index contributed by atoms with van der Waals surface area (Å²) in [6, 6.07) is 4.42. The highest BCUT2D eigenvalue weighted by Crippen LogP contribution is 2.30. The van der Waals surface area contributed by atoms with Gasteiger partial charge in [-0.05, 0) is 37.2 Å². The Hall–Kier alpha value is -1.27. The van der Waals surface area contributed by atoms with E-state index >= 15 is 0 Å². The summed E-state index contributed by atoms with van der Waals surface area (Å²) in [5.41, 5.74) is 0.605. The second kappa shape index (κ2) is 5.02. The third-order valence-corrected chi connectivity index (χ3v) is 4.21. The minimum Gasteiger partial charge on any atom is -0.339 e. The molecule has 6 heteroatoms. The monoisotopic (exact) mass is 325 g/mol. The van der Waals surface area contributed by atoms with Crippen molar-refractivity contribution in [2.24, 2.45) is 5.92 Å². The zero-order chi connectivity index (χ0) is 13.4. The zero-order valence-electron chi connectivity index (χ0n) is 10.4. The van der Waals surface area contributed by atoms with Crippen molar-refractivity contribution >= 4 is 15.9 Å². The van der Waals surface area contributed by atoms with Crippen molar-refractivity contribution in [1.29, 1.82) is 0 Å². The van der Waals surface area contributed by atoms with Crippen molar-refractivity contribution in [2.45, 2.75) is 12.8 Å². The van der Waals surface area contributed by atoms with Crippen LogP contribution >= 0.6 is 15.9 Å². The lowest BCUT2D eigenvalue weighted by atomic mass is 9.89. The zero-order valence-corrected chi connectivity index (χ0v) is 11.9. The van der Waals surface area contributed by atoms with Gasteiger partial charge in [0.05, 0.1) is 0 Å². The van der Waals surface area contributed by atoms with Crippen molar-refractivity contribution < 1.29 is 8.91 Å². The Bertz CT molecular complexity index is 597. The molecule has 0 aliphatic carbocycles. The lowest BCUT2D eigenvalue weighted by molar-refractivity contribution is 0.252. The normalized spacial score (nSPS) is 17.2. The molecule has 3 rings (SSSR count). The van der Waals surface area contributed by atoms with E-state index in [2.05, 4.69) is 38.3 Å². The van der Waals surface area contributed by atoms with Gasteiger partial charge in [-0.25, -0.2) is 4.39 Å². The SMILES string of the molecule is CC(c1nc(-c2cc(F)ccc2Br)no1)C1CNC1. The number of nitrogens with one attached hydrogen (secondary N) is 1. The van der Waals surface area contributed by atoms with Crippen molar-refractivity contribution in [2.75, 3.05) is 13.1 Å². The van der Waals surface area contributed by atoms with Gasteiger partial charge in [0.15, 0.2) is 0 Å². The standard InChI is InChI=1S/C13H13BrFN3O/c1-7(8-5-16-6-8)13-17-12(18-19-13)10-4-9(15)2-3-11(10)14/h2-4,7-8,16H,5-6H2,1H3. The predicted octanol–water partition coefficient (Wildman–Crippen LogP) is 2.96. The molecule has 1 aromatic carbocycles. The lowest BCUT2D eigenvalue weighted by Crippen LogP contribution is -2.44. The van der Waals surface area contributed by atoms with Gasteiger partial charge in [0.25, 0.3) is 0 Å². The van der Waals surface area contributed by atoms with Gasteiger partial charge in [-0.3, -0.25) is 0 Å². The van der Waals surface area contributed by atoms with Gasteiger partial charge in [-0.15, -0.1) is 0 Å². The fourth-order valence-corrected chi connectivity index (χ4v) is 2.49. The van der Waals surface area contributed by atoms with Crippen molar-refractivity contribution in [3.05, 3.63) is 34.4 Å². The Morgan fingerprint density at radius 3 is 2.95 bits per heavy atom. The van der Waals surface area contributed by atoms with Crippen LogP contribution in [0.1, 0.15) is 18.7 Å². The summed E-state index contributed by atoms with van der Waals surface area (Å²) >= 11 is 3.37. The van der Waals surface area contributed by atoms with E-state index in [0.29, 0.717) is 23.2 Å². The number of hydrogen-bond donors (Lipinski definition) is 1. The first kappa shape index (κ1) is 12.7. The number of rotatable bonds is 3. The van der Waals surface area contributed by atoms with Crippen LogP contribution in [0, 0.1) is 11.7 Å². The highest BCUT2D eigenvalue weighted by molar-refractivity contribution is 9.10. The molecule has 19 heavy (non-hydrogen) atoms. The predicted molar refractivity (Wildman–Crippen MR) is 72.2 cm³/mol. The molecule has 1 aliphatic heterocycles. The molecule has 0 spiro atoms. The van der Waals surface area contributed by atoms with E-state index < -0.39 is 0 Å². The molecule has 4 nitrogen and oxygen atoms in total. The topological polar surface area (TPSA) is 51.0 Å². The smallest absolute Gasteiger partial charge is 0.230 e. The molecule has 1 N–H and O–H groups in total. The van der Waals surface area contributed by atoms with E-state index in [9.17, 15) is 4.39 Å². The molecule has 1 fully saturated rings. The molecular weight excluding hydrogens is 313 g/mol. The molecule has 1 unspecified atom stereocenters. The Morgan fingerprint density at radius 2 is 2.26 bits per heavy atom. The maximum atomic E-state index is 13.3. The van der Waals surface area contributed by atoms with Gasteiger partial charge >= 0.3 is 0 Å². The van der Waals surface area contributed by atoms with E-state index in [-0.39, 0.29) is 11.7 Å². The maximum Gasteiger partial charge on any atom is 0.230 e. The summed E-state index contributed by atoms with van der Waals surface area (Å²) < 4.78 is 19.3. The molecule has 1 saturated heterocycles. The molecule has 0 bridgehead atoms. The summed E-state index contributed by atoms with van der Waals surface area (Å²) in [6.07, 6.45) is 0. The summed E-state index contributed by atoms with van der Waals surface area (Å²) in [5, 5.41) is 7.17. The molecular formula is C13H13BrFN3O. The quantitative estimate of drug-likeness (QED) is 0.942. The van der Waals surface area contributed by atoms with Gasteiger partial charge in [0, 0.05) is 16.0 Å². The van der Waals surface area contributed by atoms with Crippen LogP contribution < -0.4 is 5.32 Å². The molecule has 2 heterocycles. The first-order valence-electron chi connectivity index (χ1n) is 6.15. The third-order valence-electron chi connectivity index (χ3n) is 3.52. The number of halogens is 2. The lowest BCUT2D eigenvalue weighted by Gasteiger charge is -2.30. The summed E-state index contributed by atoms with van der Waals surface area (Å²) in [4.78, 5) is 4.38. The molecule has 1 aliphatic rings. The Balaban J connectivity index is 1.89. The summed E-state index contributed by atoms with van der Waals surface area (Å²) in [5.74, 6) is 1.46. The molecule has 0 saturated carbocycles. The third kappa shape index (κ3) is 2.42. The van der Waals surface area contributed by atoms with Crippen LogP contribution in [0.4, 0.5) is 4.39 Å². The number of benzene rings is 1. The second-order valence-electron chi connectivity index (χ2n) is 4.79. The largest absolute Gasteiger partial charge is 0.339 e. The van der Waals surface area contributed by atoms with E-state index in [0.717, 1.165) is 17.6 Å². The van der Waals surface area contributed by atoms with Crippen LogP contribution in [0.25, 0.3) is 11.4 Å². The minimum absolute atomic E-state index is 0.217. The van der Waals surface area contributed by atoms with Crippen molar-refractivity contribution in [3.8, 4) is 11.4 Å². The summed E-state index contributed by atoms with van der Waals surface area (Å²) in [7, 11) is 0. The molecule has 2 aromatic rings. The van der Waals surface area contributed by atoms with Crippen molar-refractivity contribution in [1.82, 2.24) is 15.5 Å². The molecule has 1 atom stereocenters. The molecule has 0 radical (unpaired) electrons. The fraction of sp³-hybridized carbons (Fsp3) is 0.385. The first-order valence-corrected chi connectivity index (χ1v) is 6.94. The van der Waals surface area contributed by atoms with E-state index in [4.69, 9.17) is 4.52 Å². The van der Waals surface area contributed by atoms with Crippen LogP contribution in [0.3, 0.4) is 0 Å². The minimum atomic E-state index is -0.319. The Kier molecular flexibility index (Phi) is 3.36. The van der Waals surface area contributed by atoms with Gasteiger partial charge < -0.3 is 9.84 Å². The number of nitrogens with zero attached hydrogens (tertiary/aromatic N) is 2. The van der Waals surface area contributed by atoms with Crippen LogP contribution in [-0.4, -0.2) is 23.2 Å². The summed E-state index contributed by atoms with van der Waals surface area (Å²) in [6.45, 7) is 4.02. The first-order chi connectivity index (χ1) is 9.15. The average molecular weight is 326 g/mol. The van der Waals surface area contributed by atoms with Crippen LogP contribution in [0.2, 0.25) is 0 Å². The van der Waals surface area contributed by atoms with Crippen LogP contribution in [0.15, 0.2) is 27.2 Å². The van der Waals surface area contributed by atoms with Gasteiger partial charge in [-0.1, -0.05) is 28.0 Å². The van der Waals surface area contributed by atoms with Gasteiger partial charge in [0.2, 0.25) is 11.7 Å². The highest BCUT2D eigenvalue weighted by atomic mass is 79.9. The second-order valence-corrected chi connectivity index (χ2v) is 5.64. The van der Waals surface area contributed by atoms with E-state index in [1.807, 2.05) is 0 Å². The average Bonchev–Trinajstić information content (AvgIpc) is 2.79. The van der Waals surface area contributed by atoms with Gasteiger partial charge in [0.1, 0.15) is 5.82 Å². The van der Waals surface area contributed by atoms with Crippen LogP contribution in [-0.2, 0) is 0 Å². The Morgan fingerprint density at radius 1 is 1.47 bits per heavy atom. The van der Waals surface area contributed by atoms with E-state index in [1.54, 1.807) is 6.07 Å². The maximum absolute atomic E-state index is 13.3. The number of hydrogen-bond acceptors (Lipinski definition) is 4. The number of aromatic nitrogens is 2. The molecule has 1 aromatic heterocycles.